The Hall–Kier alpha value is -2.11. The number of nitrogens with zero attached hydrogens (tertiary/aromatic N) is 3. The van der Waals surface area contributed by atoms with Crippen molar-refractivity contribution < 1.29 is 9.59 Å². The van der Waals surface area contributed by atoms with Crippen LogP contribution in [0, 0.1) is 5.92 Å². The van der Waals surface area contributed by atoms with E-state index in [0.29, 0.717) is 12.5 Å². The van der Waals surface area contributed by atoms with Gasteiger partial charge in [-0.05, 0) is 44.2 Å². The second-order valence-electron chi connectivity index (χ2n) is 8.44. The fourth-order valence-corrected chi connectivity index (χ4v) is 4.50. The molecule has 29 heavy (non-hydrogen) atoms. The third-order valence-corrected chi connectivity index (χ3v) is 6.23. The van der Waals surface area contributed by atoms with E-state index in [1.54, 1.807) is 6.20 Å². The van der Waals surface area contributed by atoms with Gasteiger partial charge in [-0.15, -0.1) is 0 Å². The van der Waals surface area contributed by atoms with Gasteiger partial charge in [0.15, 0.2) is 0 Å². The zero-order valence-corrected chi connectivity index (χ0v) is 17.8. The van der Waals surface area contributed by atoms with Gasteiger partial charge in [0.2, 0.25) is 5.91 Å². The first kappa shape index (κ1) is 21.6. The number of amides is 3. The summed E-state index contributed by atoms with van der Waals surface area (Å²) in [6.07, 6.45) is 11.0. The first-order valence-electron chi connectivity index (χ1n) is 11.4. The van der Waals surface area contributed by atoms with E-state index >= 15 is 0 Å². The van der Waals surface area contributed by atoms with Crippen LogP contribution >= 0.6 is 0 Å². The van der Waals surface area contributed by atoms with Gasteiger partial charge in [-0.25, -0.2) is 4.79 Å². The van der Waals surface area contributed by atoms with Crippen molar-refractivity contribution >= 4 is 11.9 Å². The lowest BCUT2D eigenvalue weighted by atomic mass is 9.87. The number of hydrogen-bond acceptors (Lipinski definition) is 3. The van der Waals surface area contributed by atoms with Crippen molar-refractivity contribution in [3.05, 3.63) is 30.1 Å². The minimum absolute atomic E-state index is 0.0137. The number of hydrogen-bond donors (Lipinski definition) is 1. The average Bonchev–Trinajstić information content (AvgIpc) is 2.78. The molecule has 6 heteroatoms. The number of aromatic nitrogens is 1. The molecule has 0 aromatic carbocycles. The van der Waals surface area contributed by atoms with Crippen LogP contribution in [0.25, 0.3) is 0 Å². The molecule has 1 aliphatic heterocycles. The second kappa shape index (κ2) is 11.2. The molecule has 160 valence electrons. The topological polar surface area (TPSA) is 65.5 Å². The number of nitrogens with one attached hydrogen (secondary N) is 1. The fourth-order valence-electron chi connectivity index (χ4n) is 4.50. The molecule has 6 nitrogen and oxygen atoms in total. The lowest BCUT2D eigenvalue weighted by Gasteiger charge is -2.36. The minimum atomic E-state index is 0.0137. The van der Waals surface area contributed by atoms with Gasteiger partial charge in [-0.2, -0.15) is 0 Å². The van der Waals surface area contributed by atoms with Crippen LogP contribution in [0.2, 0.25) is 0 Å². The highest BCUT2D eigenvalue weighted by atomic mass is 16.2. The summed E-state index contributed by atoms with van der Waals surface area (Å²) in [5.41, 5.74) is 1.01. The molecule has 1 N–H and O–H groups in total. The van der Waals surface area contributed by atoms with Gasteiger partial charge in [0.25, 0.3) is 0 Å². The van der Waals surface area contributed by atoms with Crippen molar-refractivity contribution in [2.75, 3.05) is 26.2 Å². The molecule has 0 atom stereocenters. The van der Waals surface area contributed by atoms with E-state index in [0.717, 1.165) is 63.9 Å². The third kappa shape index (κ3) is 6.44. The summed E-state index contributed by atoms with van der Waals surface area (Å²) < 4.78 is 0. The Kier molecular flexibility index (Phi) is 8.32. The number of carbonyl (C=O) groups is 2. The molecule has 0 spiro atoms. The van der Waals surface area contributed by atoms with Crippen molar-refractivity contribution in [3.8, 4) is 0 Å². The van der Waals surface area contributed by atoms with Crippen LogP contribution in [0.5, 0.6) is 0 Å². The first-order chi connectivity index (χ1) is 14.2. The molecule has 1 aromatic rings. The summed E-state index contributed by atoms with van der Waals surface area (Å²) in [6, 6.07) is 6.06. The Balaban J connectivity index is 1.43. The van der Waals surface area contributed by atoms with Crippen LogP contribution in [0.4, 0.5) is 4.79 Å². The van der Waals surface area contributed by atoms with Crippen molar-refractivity contribution in [3.63, 3.8) is 0 Å². The highest BCUT2D eigenvalue weighted by molar-refractivity contribution is 5.79. The summed E-state index contributed by atoms with van der Waals surface area (Å²) in [5.74, 6) is 0.582. The second-order valence-corrected chi connectivity index (χ2v) is 8.44. The van der Waals surface area contributed by atoms with Gasteiger partial charge in [0.1, 0.15) is 0 Å². The lowest BCUT2D eigenvalue weighted by Crippen LogP contribution is -2.51. The Labute approximate surface area is 175 Å². The SMILES string of the molecule is CCCN(CCc1ccccn1)C(=O)NC1CCN(C(=O)C2CCCCC2)CC1. The van der Waals surface area contributed by atoms with E-state index in [4.69, 9.17) is 0 Å². The lowest BCUT2D eigenvalue weighted by molar-refractivity contribution is -0.137. The minimum Gasteiger partial charge on any atom is -0.342 e. The average molecular weight is 401 g/mol. The predicted molar refractivity (Wildman–Crippen MR) is 115 cm³/mol. The van der Waals surface area contributed by atoms with Gasteiger partial charge in [0, 0.05) is 56.5 Å². The van der Waals surface area contributed by atoms with Gasteiger partial charge in [-0.3, -0.25) is 9.78 Å². The first-order valence-corrected chi connectivity index (χ1v) is 11.4. The maximum absolute atomic E-state index is 12.8. The van der Waals surface area contributed by atoms with E-state index in [1.165, 1.54) is 19.3 Å². The standard InChI is InChI=1S/C23H36N4O2/c1-2-15-27(18-11-20-10-6-7-14-24-20)23(29)25-21-12-16-26(17-13-21)22(28)19-8-4-3-5-9-19/h6-7,10,14,19,21H,2-5,8-9,11-13,15-18H2,1H3,(H,25,29). The van der Waals surface area contributed by atoms with Crippen molar-refractivity contribution in [2.24, 2.45) is 5.92 Å². The third-order valence-electron chi connectivity index (χ3n) is 6.23. The Morgan fingerprint density at radius 3 is 2.52 bits per heavy atom. The van der Waals surface area contributed by atoms with E-state index in [-0.39, 0.29) is 18.0 Å². The number of carbonyl (C=O) groups excluding carboxylic acids is 2. The molecule has 1 saturated carbocycles. The van der Waals surface area contributed by atoms with Crippen LogP contribution in [-0.2, 0) is 11.2 Å². The predicted octanol–water partition coefficient (Wildman–Crippen LogP) is 3.62. The van der Waals surface area contributed by atoms with Crippen LogP contribution in [-0.4, -0.2) is 58.9 Å². The quantitative estimate of drug-likeness (QED) is 0.760. The van der Waals surface area contributed by atoms with Crippen molar-refractivity contribution in [2.45, 2.75) is 70.8 Å². The smallest absolute Gasteiger partial charge is 0.317 e. The number of piperidine rings is 1. The van der Waals surface area contributed by atoms with Gasteiger partial charge in [0.05, 0.1) is 0 Å². The Morgan fingerprint density at radius 2 is 1.86 bits per heavy atom. The molecule has 0 bridgehead atoms. The number of rotatable bonds is 7. The summed E-state index contributed by atoms with van der Waals surface area (Å²) in [7, 11) is 0. The number of urea groups is 1. The summed E-state index contributed by atoms with van der Waals surface area (Å²) in [4.78, 5) is 33.8. The molecule has 0 unspecified atom stereocenters. The summed E-state index contributed by atoms with van der Waals surface area (Å²) in [5, 5.41) is 3.21. The number of likely N-dealkylation sites (tertiary alicyclic amines) is 1. The monoisotopic (exact) mass is 400 g/mol. The van der Waals surface area contributed by atoms with Crippen LogP contribution in [0.1, 0.15) is 64.0 Å². The summed E-state index contributed by atoms with van der Waals surface area (Å²) >= 11 is 0. The Morgan fingerprint density at radius 1 is 1.10 bits per heavy atom. The van der Waals surface area contributed by atoms with Gasteiger partial charge >= 0.3 is 6.03 Å². The zero-order valence-electron chi connectivity index (χ0n) is 17.8. The highest BCUT2D eigenvalue weighted by Crippen LogP contribution is 2.26. The highest BCUT2D eigenvalue weighted by Gasteiger charge is 2.30. The molecule has 1 aliphatic carbocycles. The molecule has 2 fully saturated rings. The normalized spacial score (nSPS) is 18.4. The maximum atomic E-state index is 12.8. The van der Waals surface area contributed by atoms with Crippen LogP contribution in [0.3, 0.4) is 0 Å². The molecular weight excluding hydrogens is 364 g/mol. The molecule has 2 aliphatic rings. The van der Waals surface area contributed by atoms with Gasteiger partial charge < -0.3 is 15.1 Å². The van der Waals surface area contributed by atoms with E-state index < -0.39 is 0 Å². The van der Waals surface area contributed by atoms with Crippen molar-refractivity contribution in [1.82, 2.24) is 20.1 Å². The molecule has 0 radical (unpaired) electrons. The van der Waals surface area contributed by atoms with Gasteiger partial charge in [-0.1, -0.05) is 32.3 Å². The summed E-state index contributed by atoms with van der Waals surface area (Å²) in [6.45, 7) is 5.05. The van der Waals surface area contributed by atoms with Crippen molar-refractivity contribution in [1.29, 1.82) is 0 Å². The molecule has 3 amide bonds. The molecule has 1 aromatic heterocycles. The molecule has 2 heterocycles. The zero-order chi connectivity index (χ0) is 20.5. The van der Waals surface area contributed by atoms with Crippen LogP contribution in [0.15, 0.2) is 24.4 Å². The largest absolute Gasteiger partial charge is 0.342 e. The number of pyridine rings is 1. The molecule has 1 saturated heterocycles. The van der Waals surface area contributed by atoms with E-state index in [2.05, 4.69) is 17.2 Å². The molecular formula is C23H36N4O2. The van der Waals surface area contributed by atoms with E-state index in [1.807, 2.05) is 28.0 Å². The maximum Gasteiger partial charge on any atom is 0.317 e. The van der Waals surface area contributed by atoms with Crippen LogP contribution < -0.4 is 5.32 Å². The molecule has 3 rings (SSSR count). The Bertz CT molecular complexity index is 638. The fraction of sp³-hybridized carbons (Fsp3) is 0.696. The van der Waals surface area contributed by atoms with E-state index in [9.17, 15) is 9.59 Å².